The fourth-order valence-corrected chi connectivity index (χ4v) is 2.23. The summed E-state index contributed by atoms with van der Waals surface area (Å²) in [7, 11) is 1.64. The lowest BCUT2D eigenvalue weighted by atomic mass is 10.0. The van der Waals surface area contributed by atoms with Crippen LogP contribution in [0, 0.1) is 0 Å². The Morgan fingerprint density at radius 1 is 1.09 bits per heavy atom. The van der Waals surface area contributed by atoms with Crippen molar-refractivity contribution in [1.82, 2.24) is 10.2 Å². The van der Waals surface area contributed by atoms with Gasteiger partial charge in [-0.05, 0) is 29.0 Å². The zero-order chi connectivity index (χ0) is 15.4. The van der Waals surface area contributed by atoms with Gasteiger partial charge in [0.2, 0.25) is 0 Å². The molecule has 0 unspecified atom stereocenters. The van der Waals surface area contributed by atoms with Crippen molar-refractivity contribution in [2.75, 3.05) is 12.5 Å². The molecule has 110 valence electrons. The Kier molecular flexibility index (Phi) is 4.16. The molecule has 3 rings (SSSR count). The van der Waals surface area contributed by atoms with Crippen LogP contribution in [0.15, 0.2) is 53.6 Å². The maximum absolute atomic E-state index is 5.69. The molecule has 0 aliphatic rings. The van der Waals surface area contributed by atoms with Gasteiger partial charge in [0.1, 0.15) is 5.75 Å². The predicted octanol–water partition coefficient (Wildman–Crippen LogP) is 3.74. The number of nitrogens with zero attached hydrogens (tertiary/aromatic N) is 3. The molecule has 2 aromatic carbocycles. The number of methoxy groups -OCH3 is 1. The molecule has 5 nitrogen and oxygen atoms in total. The van der Waals surface area contributed by atoms with Gasteiger partial charge in [-0.2, -0.15) is 5.10 Å². The molecule has 0 atom stereocenters. The number of hydrazone groups is 1. The van der Waals surface area contributed by atoms with E-state index in [0.29, 0.717) is 11.0 Å². The number of hydrogen-bond donors (Lipinski definition) is 1. The van der Waals surface area contributed by atoms with E-state index >= 15 is 0 Å². The van der Waals surface area contributed by atoms with Crippen LogP contribution >= 0.6 is 11.6 Å². The molecule has 1 aromatic heterocycles. The number of nitrogens with one attached hydrogen (secondary N) is 1. The van der Waals surface area contributed by atoms with E-state index in [1.54, 1.807) is 25.5 Å². The Morgan fingerprint density at radius 3 is 2.73 bits per heavy atom. The van der Waals surface area contributed by atoms with Crippen molar-refractivity contribution in [1.29, 1.82) is 0 Å². The summed E-state index contributed by atoms with van der Waals surface area (Å²) in [6.45, 7) is 0. The summed E-state index contributed by atoms with van der Waals surface area (Å²) in [5.74, 6) is 1.27. The van der Waals surface area contributed by atoms with Gasteiger partial charge in [0.25, 0.3) is 0 Å². The Hall–Kier alpha value is -2.66. The zero-order valence-electron chi connectivity index (χ0n) is 11.8. The minimum Gasteiger partial charge on any atom is -0.496 e. The highest BCUT2D eigenvalue weighted by atomic mass is 35.5. The van der Waals surface area contributed by atoms with Crippen molar-refractivity contribution in [2.45, 2.75) is 0 Å². The second-order valence-electron chi connectivity index (χ2n) is 4.51. The summed E-state index contributed by atoms with van der Waals surface area (Å²) < 4.78 is 5.41. The zero-order valence-corrected chi connectivity index (χ0v) is 12.6. The van der Waals surface area contributed by atoms with Gasteiger partial charge in [0.15, 0.2) is 11.0 Å². The highest BCUT2D eigenvalue weighted by molar-refractivity contribution is 6.29. The van der Waals surface area contributed by atoms with Crippen molar-refractivity contribution in [3.05, 3.63) is 59.2 Å². The number of anilines is 1. The third-order valence-corrected chi connectivity index (χ3v) is 3.36. The van der Waals surface area contributed by atoms with Crippen LogP contribution in [0.5, 0.6) is 5.75 Å². The summed E-state index contributed by atoms with van der Waals surface area (Å²) in [6.07, 6.45) is 1.71. The molecule has 22 heavy (non-hydrogen) atoms. The molecule has 1 N–H and O–H groups in total. The maximum Gasteiger partial charge on any atom is 0.168 e. The fraction of sp³-hybridized carbons (Fsp3) is 0.0625. The van der Waals surface area contributed by atoms with E-state index in [9.17, 15) is 0 Å². The molecule has 0 saturated heterocycles. The van der Waals surface area contributed by atoms with E-state index in [2.05, 4.69) is 20.7 Å². The summed E-state index contributed by atoms with van der Waals surface area (Å²) in [4.78, 5) is 0. The molecule has 0 aliphatic carbocycles. The van der Waals surface area contributed by atoms with E-state index in [-0.39, 0.29) is 0 Å². The fourth-order valence-electron chi connectivity index (χ4n) is 2.13. The minimum absolute atomic E-state index is 0.338. The SMILES string of the molecule is COc1ccc2ccccc2c1/C=N/Nc1ccc(Cl)nn1. The number of rotatable bonds is 4. The van der Waals surface area contributed by atoms with Crippen molar-refractivity contribution in [2.24, 2.45) is 5.10 Å². The molecule has 0 aliphatic heterocycles. The predicted molar refractivity (Wildman–Crippen MR) is 88.8 cm³/mol. The lowest BCUT2D eigenvalue weighted by molar-refractivity contribution is 0.415. The summed E-state index contributed by atoms with van der Waals surface area (Å²) in [6, 6.07) is 15.3. The number of halogens is 1. The number of ether oxygens (including phenoxy) is 1. The van der Waals surface area contributed by atoms with Crippen molar-refractivity contribution in [3.63, 3.8) is 0 Å². The first kappa shape index (κ1) is 14.3. The highest BCUT2D eigenvalue weighted by Crippen LogP contribution is 2.26. The Labute approximate surface area is 132 Å². The molecule has 6 heteroatoms. The molecular formula is C16H13ClN4O. The van der Waals surface area contributed by atoms with Crippen LogP contribution in [0.4, 0.5) is 5.82 Å². The number of fused-ring (bicyclic) bond motifs is 1. The van der Waals surface area contributed by atoms with Crippen LogP contribution in [0.2, 0.25) is 5.15 Å². The first-order valence-electron chi connectivity index (χ1n) is 6.62. The Balaban J connectivity index is 1.91. The van der Waals surface area contributed by atoms with E-state index in [1.807, 2.05) is 36.4 Å². The van der Waals surface area contributed by atoms with Crippen LogP contribution < -0.4 is 10.2 Å². The van der Waals surface area contributed by atoms with E-state index in [1.165, 1.54) is 0 Å². The lowest BCUT2D eigenvalue weighted by Gasteiger charge is -2.08. The van der Waals surface area contributed by atoms with Crippen LogP contribution in [-0.2, 0) is 0 Å². The maximum atomic E-state index is 5.69. The standard InChI is InChI=1S/C16H13ClN4O/c1-22-14-7-6-11-4-2-3-5-12(11)13(14)10-18-20-16-9-8-15(17)19-21-16/h2-10H,1H3,(H,20,21)/b18-10+. The topological polar surface area (TPSA) is 59.4 Å². The quantitative estimate of drug-likeness (QED) is 0.589. The third-order valence-electron chi connectivity index (χ3n) is 3.16. The molecule has 1 heterocycles. The average Bonchev–Trinajstić information content (AvgIpc) is 2.56. The van der Waals surface area contributed by atoms with Gasteiger partial charge >= 0.3 is 0 Å². The molecule has 0 spiro atoms. The monoisotopic (exact) mass is 312 g/mol. The van der Waals surface area contributed by atoms with Crippen LogP contribution in [-0.4, -0.2) is 23.5 Å². The largest absolute Gasteiger partial charge is 0.496 e. The minimum atomic E-state index is 0.338. The Bertz CT molecular complexity index is 818. The first-order chi connectivity index (χ1) is 10.8. The lowest BCUT2D eigenvalue weighted by Crippen LogP contribution is -1.97. The van der Waals surface area contributed by atoms with Gasteiger partial charge < -0.3 is 4.74 Å². The molecule has 0 amide bonds. The first-order valence-corrected chi connectivity index (χ1v) is 7.00. The van der Waals surface area contributed by atoms with E-state index < -0.39 is 0 Å². The highest BCUT2D eigenvalue weighted by Gasteiger charge is 2.05. The van der Waals surface area contributed by atoms with Crippen molar-refractivity contribution in [3.8, 4) is 5.75 Å². The summed E-state index contributed by atoms with van der Waals surface area (Å²) >= 11 is 5.69. The number of aromatic nitrogens is 2. The van der Waals surface area contributed by atoms with Gasteiger partial charge in [-0.25, -0.2) is 0 Å². The summed E-state index contributed by atoms with van der Waals surface area (Å²) in [5.41, 5.74) is 3.72. The number of benzene rings is 2. The molecule has 3 aromatic rings. The van der Waals surface area contributed by atoms with Gasteiger partial charge in [0.05, 0.1) is 13.3 Å². The van der Waals surface area contributed by atoms with Crippen molar-refractivity contribution < 1.29 is 4.74 Å². The second-order valence-corrected chi connectivity index (χ2v) is 4.90. The molecule has 0 fully saturated rings. The third kappa shape index (κ3) is 2.99. The normalized spacial score (nSPS) is 11.0. The Morgan fingerprint density at radius 2 is 1.95 bits per heavy atom. The molecule has 0 saturated carbocycles. The molecule has 0 radical (unpaired) electrons. The van der Waals surface area contributed by atoms with Crippen LogP contribution in [0.3, 0.4) is 0 Å². The summed E-state index contributed by atoms with van der Waals surface area (Å²) in [5, 5.41) is 14.3. The molecule has 0 bridgehead atoms. The van der Waals surface area contributed by atoms with Crippen LogP contribution in [0.25, 0.3) is 10.8 Å². The van der Waals surface area contributed by atoms with Gasteiger partial charge in [-0.1, -0.05) is 41.9 Å². The van der Waals surface area contributed by atoms with E-state index in [0.717, 1.165) is 22.1 Å². The van der Waals surface area contributed by atoms with E-state index in [4.69, 9.17) is 16.3 Å². The number of hydrogen-bond acceptors (Lipinski definition) is 5. The van der Waals surface area contributed by atoms with Crippen LogP contribution in [0.1, 0.15) is 5.56 Å². The van der Waals surface area contributed by atoms with Crippen molar-refractivity contribution >= 4 is 34.4 Å². The van der Waals surface area contributed by atoms with Gasteiger partial charge in [0, 0.05) is 5.56 Å². The molecular weight excluding hydrogens is 300 g/mol. The smallest absolute Gasteiger partial charge is 0.168 e. The van der Waals surface area contributed by atoms with Gasteiger partial charge in [-0.3, -0.25) is 5.43 Å². The average molecular weight is 313 g/mol. The van der Waals surface area contributed by atoms with Gasteiger partial charge in [-0.15, -0.1) is 10.2 Å². The second kappa shape index (κ2) is 6.41.